The second-order valence-corrected chi connectivity index (χ2v) is 9.50. The van der Waals surface area contributed by atoms with Gasteiger partial charge in [0.05, 0.1) is 19.2 Å². The fourth-order valence-corrected chi connectivity index (χ4v) is 4.71. The lowest BCUT2D eigenvalue weighted by atomic mass is 10.0. The summed E-state index contributed by atoms with van der Waals surface area (Å²) in [5.74, 6) is 6.14. The van der Waals surface area contributed by atoms with Gasteiger partial charge in [0, 0.05) is 36.4 Å². The highest BCUT2D eigenvalue weighted by atomic mass is 16.5. The molecule has 3 aromatic carbocycles. The molecule has 4 N–H and O–H groups in total. The number of aliphatic hydroxyl groups is 1. The van der Waals surface area contributed by atoms with Crippen LogP contribution in [0.5, 0.6) is 0 Å². The van der Waals surface area contributed by atoms with Crippen LogP contribution < -0.4 is 10.6 Å². The highest BCUT2D eigenvalue weighted by molar-refractivity contribution is 5.95. The van der Waals surface area contributed by atoms with Crippen LogP contribution in [-0.4, -0.2) is 48.6 Å². The predicted molar refractivity (Wildman–Crippen MR) is 150 cm³/mol. The molecule has 1 aliphatic rings. The van der Waals surface area contributed by atoms with E-state index >= 15 is 0 Å². The molecule has 1 heterocycles. The summed E-state index contributed by atoms with van der Waals surface area (Å²) in [6.07, 6.45) is 1.67. The number of rotatable bonds is 8. The maximum absolute atomic E-state index is 12.0. The van der Waals surface area contributed by atoms with Crippen molar-refractivity contribution in [1.29, 1.82) is 5.41 Å². The smallest absolute Gasteiger partial charge is 0.337 e. The van der Waals surface area contributed by atoms with E-state index in [2.05, 4.69) is 21.6 Å². The molecule has 1 fully saturated rings. The Kier molecular flexibility index (Phi) is 8.80. The summed E-state index contributed by atoms with van der Waals surface area (Å²) < 4.78 is 4.87. The van der Waals surface area contributed by atoms with Crippen molar-refractivity contribution < 1.29 is 14.6 Å². The number of benzene rings is 3. The molecule has 0 bridgehead atoms. The molecule has 7 heteroatoms. The monoisotopic (exact) mass is 510 g/mol. The van der Waals surface area contributed by atoms with Crippen LogP contribution in [-0.2, 0) is 11.3 Å². The number of carbonyl (C=O) groups excluding carboxylic acids is 1. The topological polar surface area (TPSA) is 103 Å². The lowest BCUT2D eigenvalue weighted by Crippen LogP contribution is -2.25. The summed E-state index contributed by atoms with van der Waals surface area (Å²) in [6, 6.07) is 20.8. The number of anilines is 1. The quantitative estimate of drug-likeness (QED) is 0.182. The Morgan fingerprint density at radius 2 is 1.84 bits per heavy atom. The van der Waals surface area contributed by atoms with Crippen LogP contribution in [0.3, 0.4) is 0 Å². The second-order valence-electron chi connectivity index (χ2n) is 9.50. The molecule has 38 heavy (non-hydrogen) atoms. The zero-order valence-corrected chi connectivity index (χ0v) is 21.9. The molecular formula is C31H34N4O3. The SMILES string of the molecule is COC(=O)c1cccc(CN(CC#Cc2ccc(C(O)N3CCCC3)c(C)c2)c2cccc(C(=N)N)c2)c1. The molecule has 0 amide bonds. The predicted octanol–water partition coefficient (Wildman–Crippen LogP) is 4.21. The Morgan fingerprint density at radius 1 is 1.11 bits per heavy atom. The first-order valence-electron chi connectivity index (χ1n) is 12.7. The number of aliphatic hydroxyl groups excluding tert-OH is 1. The average molecular weight is 511 g/mol. The molecule has 0 aromatic heterocycles. The lowest BCUT2D eigenvalue weighted by molar-refractivity contribution is 0.0185. The van der Waals surface area contributed by atoms with E-state index in [9.17, 15) is 9.90 Å². The summed E-state index contributed by atoms with van der Waals surface area (Å²) in [5, 5.41) is 18.6. The Morgan fingerprint density at radius 3 is 2.55 bits per heavy atom. The summed E-state index contributed by atoms with van der Waals surface area (Å²) in [4.78, 5) is 16.2. The highest BCUT2D eigenvalue weighted by Gasteiger charge is 2.22. The number of esters is 1. The third-order valence-corrected chi connectivity index (χ3v) is 6.78. The van der Waals surface area contributed by atoms with E-state index in [1.807, 2.05) is 61.5 Å². The van der Waals surface area contributed by atoms with Gasteiger partial charge in [0.15, 0.2) is 0 Å². The van der Waals surface area contributed by atoms with Crippen LogP contribution in [0.15, 0.2) is 66.7 Å². The molecule has 0 spiro atoms. The fourth-order valence-electron chi connectivity index (χ4n) is 4.71. The number of hydrogen-bond donors (Lipinski definition) is 3. The number of ether oxygens (including phenoxy) is 1. The van der Waals surface area contributed by atoms with Gasteiger partial charge in [-0.1, -0.05) is 42.2 Å². The number of nitrogens with zero attached hydrogens (tertiary/aromatic N) is 2. The Balaban J connectivity index is 1.56. The van der Waals surface area contributed by atoms with E-state index in [-0.39, 0.29) is 11.8 Å². The van der Waals surface area contributed by atoms with Gasteiger partial charge in [0.1, 0.15) is 12.1 Å². The van der Waals surface area contributed by atoms with Gasteiger partial charge < -0.3 is 20.5 Å². The molecule has 4 rings (SSSR count). The van der Waals surface area contributed by atoms with Gasteiger partial charge >= 0.3 is 5.97 Å². The Hall–Kier alpha value is -4.12. The van der Waals surface area contributed by atoms with Crippen molar-refractivity contribution in [1.82, 2.24) is 4.90 Å². The molecule has 1 unspecified atom stereocenters. The largest absolute Gasteiger partial charge is 0.465 e. The van der Waals surface area contributed by atoms with Crippen molar-refractivity contribution in [2.75, 3.05) is 31.6 Å². The third kappa shape index (κ3) is 6.60. The van der Waals surface area contributed by atoms with E-state index < -0.39 is 6.23 Å². The van der Waals surface area contributed by atoms with Crippen LogP contribution in [0.1, 0.15) is 57.2 Å². The number of methoxy groups -OCH3 is 1. The number of nitrogen functional groups attached to an aromatic ring is 1. The molecule has 1 aliphatic heterocycles. The van der Waals surface area contributed by atoms with Gasteiger partial charge in [-0.2, -0.15) is 0 Å². The van der Waals surface area contributed by atoms with Gasteiger partial charge in [-0.15, -0.1) is 0 Å². The average Bonchev–Trinajstić information content (AvgIpc) is 3.47. The lowest BCUT2D eigenvalue weighted by Gasteiger charge is -2.24. The number of amidine groups is 1. The minimum absolute atomic E-state index is 0.00254. The number of carbonyl (C=O) groups is 1. The first-order valence-corrected chi connectivity index (χ1v) is 12.7. The van der Waals surface area contributed by atoms with E-state index in [0.29, 0.717) is 24.2 Å². The molecule has 7 nitrogen and oxygen atoms in total. The zero-order chi connectivity index (χ0) is 27.1. The van der Waals surface area contributed by atoms with E-state index in [1.165, 1.54) is 7.11 Å². The first-order chi connectivity index (χ1) is 18.4. The van der Waals surface area contributed by atoms with Crippen molar-refractivity contribution >= 4 is 17.5 Å². The van der Waals surface area contributed by atoms with Crippen molar-refractivity contribution in [2.45, 2.75) is 32.5 Å². The van der Waals surface area contributed by atoms with Gasteiger partial charge in [-0.25, -0.2) is 4.79 Å². The number of hydrogen-bond acceptors (Lipinski definition) is 6. The number of nitrogens with two attached hydrogens (primary N) is 1. The van der Waals surface area contributed by atoms with Crippen LogP contribution in [0.25, 0.3) is 0 Å². The van der Waals surface area contributed by atoms with E-state index in [0.717, 1.165) is 53.9 Å². The maximum atomic E-state index is 12.0. The molecule has 196 valence electrons. The molecule has 0 saturated carbocycles. The van der Waals surface area contributed by atoms with Gasteiger partial charge in [0.25, 0.3) is 0 Å². The van der Waals surface area contributed by atoms with E-state index in [4.69, 9.17) is 15.9 Å². The minimum Gasteiger partial charge on any atom is -0.465 e. The third-order valence-electron chi connectivity index (χ3n) is 6.78. The Bertz CT molecular complexity index is 1370. The van der Waals surface area contributed by atoms with Gasteiger partial charge in [-0.05, 0) is 72.9 Å². The van der Waals surface area contributed by atoms with Crippen LogP contribution in [0, 0.1) is 24.2 Å². The summed E-state index contributed by atoms with van der Waals surface area (Å²) >= 11 is 0. The van der Waals surface area contributed by atoms with Crippen molar-refractivity contribution in [3.05, 3.63) is 100 Å². The number of likely N-dealkylation sites (tertiary alicyclic amines) is 1. The molecule has 0 radical (unpaired) electrons. The highest BCUT2D eigenvalue weighted by Crippen LogP contribution is 2.26. The number of aryl methyl sites for hydroxylation is 1. The molecule has 1 atom stereocenters. The minimum atomic E-state index is -0.579. The van der Waals surface area contributed by atoms with Crippen LogP contribution >= 0.6 is 0 Å². The Labute approximate surface area is 224 Å². The van der Waals surface area contributed by atoms with Crippen LogP contribution in [0.4, 0.5) is 5.69 Å². The standard InChI is InChI=1S/C31H34N4O3/c1-22-18-23(13-14-28(22)30(36)34-15-3-4-16-34)9-7-17-35(27-12-6-10-25(20-27)29(32)33)21-24-8-5-11-26(19-24)31(37)38-2/h5-6,8,10-14,18-20,30,36H,3-4,15-17,21H2,1-2H3,(H3,32,33). The van der Waals surface area contributed by atoms with Crippen molar-refractivity contribution in [3.8, 4) is 11.8 Å². The fraction of sp³-hybridized carbons (Fsp3) is 0.290. The molecule has 3 aromatic rings. The summed E-state index contributed by atoms with van der Waals surface area (Å²) in [6.45, 7) is 4.77. The maximum Gasteiger partial charge on any atom is 0.337 e. The van der Waals surface area contributed by atoms with Gasteiger partial charge in [-0.3, -0.25) is 10.3 Å². The molecule has 0 aliphatic carbocycles. The number of nitrogens with one attached hydrogen (secondary N) is 1. The van der Waals surface area contributed by atoms with Gasteiger partial charge in [0.2, 0.25) is 0 Å². The zero-order valence-electron chi connectivity index (χ0n) is 21.9. The second kappa shape index (κ2) is 12.4. The summed E-state index contributed by atoms with van der Waals surface area (Å²) in [5.41, 5.74) is 11.5. The summed E-state index contributed by atoms with van der Waals surface area (Å²) in [7, 11) is 1.37. The molecular weight excluding hydrogens is 476 g/mol. The van der Waals surface area contributed by atoms with Crippen molar-refractivity contribution in [3.63, 3.8) is 0 Å². The molecule has 1 saturated heterocycles. The van der Waals surface area contributed by atoms with Crippen LogP contribution in [0.2, 0.25) is 0 Å². The normalized spacial score (nSPS) is 13.9. The van der Waals surface area contributed by atoms with Crippen molar-refractivity contribution in [2.24, 2.45) is 5.73 Å². The first kappa shape index (κ1) is 26.9. The van der Waals surface area contributed by atoms with E-state index in [1.54, 1.807) is 12.1 Å².